The molecule has 8 heteroatoms. The van der Waals surface area contributed by atoms with E-state index < -0.39 is 0 Å². The number of nitrogens with zero attached hydrogens (tertiary/aromatic N) is 4. The maximum absolute atomic E-state index is 12.6. The second-order valence-electron chi connectivity index (χ2n) is 8.18. The van der Waals surface area contributed by atoms with Crippen molar-refractivity contribution >= 4 is 22.9 Å². The summed E-state index contributed by atoms with van der Waals surface area (Å²) in [6.07, 6.45) is 6.62. The first-order chi connectivity index (χ1) is 13.4. The third-order valence-electron chi connectivity index (χ3n) is 5.25. The van der Waals surface area contributed by atoms with Gasteiger partial charge in [0.05, 0.1) is 23.0 Å². The van der Waals surface area contributed by atoms with E-state index >= 15 is 0 Å². The number of hydrogen-bond acceptors (Lipinski definition) is 5. The number of carbonyl (C=O) groups excluding carboxylic acids is 1. The lowest BCUT2D eigenvalue weighted by molar-refractivity contribution is 0.0912. The SMILES string of the molecule is Cn1nc2c(c1Nc1ccn3ncc(C(=O)NCC(C)(C)CO)c3c1)CCC2. The maximum atomic E-state index is 12.6. The van der Waals surface area contributed by atoms with E-state index in [0.29, 0.717) is 12.1 Å². The summed E-state index contributed by atoms with van der Waals surface area (Å²) in [5, 5.41) is 24.6. The molecule has 1 aliphatic rings. The fourth-order valence-electron chi connectivity index (χ4n) is 3.52. The molecule has 28 heavy (non-hydrogen) atoms. The van der Waals surface area contributed by atoms with Crippen LogP contribution in [0.5, 0.6) is 0 Å². The Kier molecular flexibility index (Phi) is 4.58. The Labute approximate surface area is 163 Å². The highest BCUT2D eigenvalue weighted by molar-refractivity contribution is 6.01. The number of anilines is 2. The van der Waals surface area contributed by atoms with Crippen molar-refractivity contribution in [2.45, 2.75) is 33.1 Å². The number of pyridine rings is 1. The van der Waals surface area contributed by atoms with Crippen molar-refractivity contribution in [2.24, 2.45) is 12.5 Å². The number of aliphatic hydroxyl groups is 1. The Morgan fingerprint density at radius 2 is 2.18 bits per heavy atom. The number of rotatable bonds is 6. The van der Waals surface area contributed by atoms with Crippen LogP contribution in [-0.4, -0.2) is 43.6 Å². The van der Waals surface area contributed by atoms with Crippen LogP contribution in [0.3, 0.4) is 0 Å². The van der Waals surface area contributed by atoms with Gasteiger partial charge in [-0.1, -0.05) is 13.8 Å². The summed E-state index contributed by atoms with van der Waals surface area (Å²) in [6, 6.07) is 3.86. The molecule has 3 aromatic heterocycles. The first kappa shape index (κ1) is 18.5. The van der Waals surface area contributed by atoms with Crippen LogP contribution in [0.1, 0.15) is 41.9 Å². The van der Waals surface area contributed by atoms with Crippen molar-refractivity contribution in [3.8, 4) is 0 Å². The average molecular weight is 382 g/mol. The second-order valence-corrected chi connectivity index (χ2v) is 8.18. The average Bonchev–Trinajstić information content (AvgIpc) is 3.36. The van der Waals surface area contributed by atoms with Gasteiger partial charge in [0.1, 0.15) is 5.82 Å². The number of aryl methyl sites for hydroxylation is 2. The lowest BCUT2D eigenvalue weighted by Crippen LogP contribution is -2.36. The summed E-state index contributed by atoms with van der Waals surface area (Å²) in [4.78, 5) is 12.6. The molecule has 3 N–H and O–H groups in total. The zero-order chi connectivity index (χ0) is 19.9. The number of fused-ring (bicyclic) bond motifs is 2. The van der Waals surface area contributed by atoms with Crippen LogP contribution in [0.2, 0.25) is 0 Å². The van der Waals surface area contributed by atoms with Gasteiger partial charge in [-0.15, -0.1) is 0 Å². The van der Waals surface area contributed by atoms with Crippen molar-refractivity contribution < 1.29 is 9.90 Å². The van der Waals surface area contributed by atoms with Crippen LogP contribution in [0.25, 0.3) is 5.52 Å². The Balaban J connectivity index is 1.59. The number of carbonyl (C=O) groups is 1. The van der Waals surface area contributed by atoms with Gasteiger partial charge in [-0.05, 0) is 31.4 Å². The van der Waals surface area contributed by atoms with Gasteiger partial charge in [-0.25, -0.2) is 4.52 Å². The normalized spacial score (nSPS) is 13.7. The zero-order valence-electron chi connectivity index (χ0n) is 16.5. The van der Waals surface area contributed by atoms with Gasteiger partial charge in [0.15, 0.2) is 0 Å². The van der Waals surface area contributed by atoms with Crippen molar-refractivity contribution in [1.29, 1.82) is 0 Å². The monoisotopic (exact) mass is 382 g/mol. The van der Waals surface area contributed by atoms with Crippen LogP contribution in [-0.2, 0) is 19.9 Å². The van der Waals surface area contributed by atoms with Gasteiger partial charge >= 0.3 is 0 Å². The molecule has 0 saturated carbocycles. The predicted octanol–water partition coefficient (Wildman–Crippen LogP) is 2.05. The van der Waals surface area contributed by atoms with E-state index in [1.165, 1.54) is 11.3 Å². The van der Waals surface area contributed by atoms with Gasteiger partial charge in [-0.3, -0.25) is 9.48 Å². The molecule has 0 spiro atoms. The fraction of sp³-hybridized carbons (Fsp3) is 0.450. The van der Waals surface area contributed by atoms with Gasteiger partial charge in [0, 0.05) is 43.1 Å². The van der Waals surface area contributed by atoms with Crippen LogP contribution < -0.4 is 10.6 Å². The first-order valence-electron chi connectivity index (χ1n) is 9.56. The van der Waals surface area contributed by atoms with E-state index in [4.69, 9.17) is 0 Å². The Morgan fingerprint density at radius 3 is 2.96 bits per heavy atom. The van der Waals surface area contributed by atoms with Crippen LogP contribution in [0.15, 0.2) is 24.5 Å². The molecule has 3 aromatic rings. The summed E-state index contributed by atoms with van der Waals surface area (Å²) in [6.45, 7) is 4.19. The number of aromatic nitrogens is 4. The minimum Gasteiger partial charge on any atom is -0.396 e. The largest absolute Gasteiger partial charge is 0.396 e. The molecule has 4 rings (SSSR count). The molecular weight excluding hydrogens is 356 g/mol. The van der Waals surface area contributed by atoms with E-state index in [0.717, 1.165) is 36.3 Å². The van der Waals surface area contributed by atoms with E-state index in [9.17, 15) is 9.90 Å². The Bertz CT molecular complexity index is 1030. The minimum absolute atomic E-state index is 0.00509. The van der Waals surface area contributed by atoms with E-state index in [1.54, 1.807) is 10.7 Å². The molecule has 0 aliphatic heterocycles. The highest BCUT2D eigenvalue weighted by atomic mass is 16.3. The lowest BCUT2D eigenvalue weighted by Gasteiger charge is -2.21. The van der Waals surface area contributed by atoms with Crippen molar-refractivity contribution in [3.05, 3.63) is 41.3 Å². The molecule has 0 radical (unpaired) electrons. The standard InChI is InChI=1S/C20H26N6O2/c1-20(2,12-27)11-21-19(28)15-10-22-26-8-7-13(9-17(15)26)23-18-14-5-4-6-16(14)24-25(18)3/h7-10,23,27H,4-6,11-12H2,1-3H3,(H,21,28). The maximum Gasteiger partial charge on any atom is 0.255 e. The van der Waals surface area contributed by atoms with Gasteiger partial charge in [0.25, 0.3) is 5.91 Å². The summed E-state index contributed by atoms with van der Waals surface area (Å²) >= 11 is 0. The molecule has 0 aromatic carbocycles. The molecule has 0 bridgehead atoms. The summed E-state index contributed by atoms with van der Waals surface area (Å²) in [5.41, 5.74) is 4.19. The molecule has 1 aliphatic carbocycles. The smallest absolute Gasteiger partial charge is 0.255 e. The molecule has 1 amide bonds. The molecule has 0 atom stereocenters. The van der Waals surface area contributed by atoms with E-state index in [2.05, 4.69) is 20.8 Å². The summed E-state index contributed by atoms with van der Waals surface area (Å²) in [5.74, 6) is 0.808. The van der Waals surface area contributed by atoms with E-state index in [-0.39, 0.29) is 17.9 Å². The topological polar surface area (TPSA) is 96.5 Å². The second kappa shape index (κ2) is 6.94. The number of aliphatic hydroxyl groups excluding tert-OH is 1. The highest BCUT2D eigenvalue weighted by Gasteiger charge is 2.22. The molecular formula is C20H26N6O2. The molecule has 0 unspecified atom stereocenters. The summed E-state index contributed by atoms with van der Waals surface area (Å²) in [7, 11) is 1.94. The number of amides is 1. The molecule has 148 valence electrons. The predicted molar refractivity (Wildman–Crippen MR) is 107 cm³/mol. The minimum atomic E-state index is -0.370. The third kappa shape index (κ3) is 3.35. The van der Waals surface area contributed by atoms with Crippen molar-refractivity contribution in [3.63, 3.8) is 0 Å². The van der Waals surface area contributed by atoms with Gasteiger partial charge in [0.2, 0.25) is 0 Å². The van der Waals surface area contributed by atoms with Crippen LogP contribution >= 0.6 is 0 Å². The Morgan fingerprint density at radius 1 is 1.36 bits per heavy atom. The number of nitrogens with one attached hydrogen (secondary N) is 2. The highest BCUT2D eigenvalue weighted by Crippen LogP contribution is 2.30. The van der Waals surface area contributed by atoms with Crippen LogP contribution in [0.4, 0.5) is 11.5 Å². The van der Waals surface area contributed by atoms with E-state index in [1.807, 2.05) is 43.9 Å². The molecule has 3 heterocycles. The molecule has 0 saturated heterocycles. The third-order valence-corrected chi connectivity index (χ3v) is 5.25. The van der Waals surface area contributed by atoms with Crippen LogP contribution in [0, 0.1) is 5.41 Å². The van der Waals surface area contributed by atoms with Crippen molar-refractivity contribution in [2.75, 3.05) is 18.5 Å². The number of hydrogen-bond donors (Lipinski definition) is 3. The first-order valence-corrected chi connectivity index (χ1v) is 9.56. The fourth-order valence-corrected chi connectivity index (χ4v) is 3.52. The Hall–Kier alpha value is -2.87. The molecule has 8 nitrogen and oxygen atoms in total. The van der Waals surface area contributed by atoms with Gasteiger partial charge in [-0.2, -0.15) is 10.2 Å². The summed E-state index contributed by atoms with van der Waals surface area (Å²) < 4.78 is 3.57. The molecule has 0 fully saturated rings. The van der Waals surface area contributed by atoms with Crippen molar-refractivity contribution in [1.82, 2.24) is 24.7 Å². The van der Waals surface area contributed by atoms with Gasteiger partial charge < -0.3 is 15.7 Å². The zero-order valence-corrected chi connectivity index (χ0v) is 16.5. The quantitative estimate of drug-likeness (QED) is 0.606. The lowest BCUT2D eigenvalue weighted by atomic mass is 9.95.